The Morgan fingerprint density at radius 1 is 1.08 bits per heavy atom. The van der Waals surface area contributed by atoms with Crippen molar-refractivity contribution in [3.05, 3.63) is 12.2 Å². The van der Waals surface area contributed by atoms with E-state index in [4.69, 9.17) is 10.2 Å². The third-order valence-corrected chi connectivity index (χ3v) is 0.657. The molecule has 0 fully saturated rings. The Bertz CT molecular complexity index is 159. The minimum Gasteiger partial charge on any atom is -0.394 e. The van der Waals surface area contributed by atoms with Gasteiger partial charge in [0.2, 0.25) is 0 Å². The summed E-state index contributed by atoms with van der Waals surface area (Å²) < 4.78 is 3.97. The zero-order valence-electron chi connectivity index (χ0n) is 6.40. The van der Waals surface area contributed by atoms with Crippen molar-refractivity contribution in [3.63, 3.8) is 0 Å². The van der Waals surface area contributed by atoms with Crippen molar-refractivity contribution in [2.75, 3.05) is 13.2 Å². The van der Waals surface area contributed by atoms with Crippen molar-refractivity contribution in [1.82, 2.24) is 6.15 Å². The molecule has 0 spiro atoms. The molecule has 70 valence electrons. The number of aliphatic hydroxyl groups excluding tert-OH is 2. The molecule has 0 saturated heterocycles. The van der Waals surface area contributed by atoms with E-state index in [0.717, 1.165) is 12.2 Å². The van der Waals surface area contributed by atoms with Crippen molar-refractivity contribution in [3.8, 4) is 0 Å². The lowest BCUT2D eigenvalue weighted by atomic mass is 10.6. The van der Waals surface area contributed by atoms with E-state index in [0.29, 0.717) is 0 Å². The second kappa shape index (κ2) is 7.86. The van der Waals surface area contributed by atoms with E-state index in [1.807, 2.05) is 0 Å². The van der Waals surface area contributed by atoms with Gasteiger partial charge in [-0.1, -0.05) is 0 Å². The molecule has 0 radical (unpaired) electrons. The maximum absolute atomic E-state index is 9.92. The summed E-state index contributed by atoms with van der Waals surface area (Å²) in [5, 5.41) is 15.2. The summed E-state index contributed by atoms with van der Waals surface area (Å²) in [7, 11) is 0. The average Bonchev–Trinajstić information content (AvgIpc) is 2.35. The van der Waals surface area contributed by atoms with Crippen LogP contribution in [0.5, 0.6) is 0 Å². The number of hydrogen-bond acceptors (Lipinski definition) is 6. The second-order valence-electron chi connectivity index (χ2n) is 1.52. The predicted molar refractivity (Wildman–Crippen MR) is 39.4 cm³/mol. The van der Waals surface area contributed by atoms with Crippen LogP contribution in [-0.2, 0) is 14.3 Å². The third kappa shape index (κ3) is 6.87. The van der Waals surface area contributed by atoms with Gasteiger partial charge in [-0.3, -0.25) is 0 Å². The molecule has 5 N–H and O–H groups in total. The number of esters is 2. The zero-order valence-corrected chi connectivity index (χ0v) is 6.40. The quantitative estimate of drug-likeness (QED) is 0.340. The molecule has 0 amide bonds. The lowest BCUT2D eigenvalue weighted by Crippen LogP contribution is -1.96. The van der Waals surface area contributed by atoms with Gasteiger partial charge in [0.15, 0.2) is 0 Å². The van der Waals surface area contributed by atoms with E-state index in [2.05, 4.69) is 4.74 Å². The minimum absolute atomic E-state index is 0. The van der Waals surface area contributed by atoms with E-state index < -0.39 is 11.9 Å². The van der Waals surface area contributed by atoms with Crippen LogP contribution >= 0.6 is 0 Å². The number of cyclic esters (lactones) is 2. The Kier molecular flexibility index (Phi) is 8.75. The lowest BCUT2D eigenvalue weighted by molar-refractivity contribution is -0.150. The molecule has 0 aromatic heterocycles. The molecule has 0 aromatic carbocycles. The van der Waals surface area contributed by atoms with Gasteiger partial charge < -0.3 is 21.1 Å². The molecule has 1 aliphatic rings. The summed E-state index contributed by atoms with van der Waals surface area (Å²) in [5.74, 6) is -1.16. The first-order valence-electron chi connectivity index (χ1n) is 2.86. The minimum atomic E-state index is -0.579. The van der Waals surface area contributed by atoms with Crippen molar-refractivity contribution in [2.24, 2.45) is 0 Å². The van der Waals surface area contributed by atoms with Gasteiger partial charge in [0.05, 0.1) is 13.2 Å². The summed E-state index contributed by atoms with van der Waals surface area (Å²) in [6, 6.07) is 0. The molecule has 6 heteroatoms. The van der Waals surface area contributed by atoms with Crippen molar-refractivity contribution in [2.45, 2.75) is 0 Å². The summed E-state index contributed by atoms with van der Waals surface area (Å²) in [5.41, 5.74) is 0. The van der Waals surface area contributed by atoms with Gasteiger partial charge in [-0.15, -0.1) is 0 Å². The van der Waals surface area contributed by atoms with E-state index in [-0.39, 0.29) is 19.4 Å². The molecular weight excluding hydrogens is 166 g/mol. The Morgan fingerprint density at radius 2 is 1.42 bits per heavy atom. The fourth-order valence-electron chi connectivity index (χ4n) is 0.303. The smallest absolute Gasteiger partial charge is 0.338 e. The largest absolute Gasteiger partial charge is 0.394 e. The third-order valence-electron chi connectivity index (χ3n) is 0.657. The molecule has 0 atom stereocenters. The van der Waals surface area contributed by atoms with Crippen LogP contribution in [0.25, 0.3) is 0 Å². The number of ether oxygens (including phenoxy) is 1. The fourth-order valence-corrected chi connectivity index (χ4v) is 0.303. The fraction of sp³-hybridized carbons (Fsp3) is 0.333. The van der Waals surface area contributed by atoms with E-state index in [9.17, 15) is 9.59 Å². The summed E-state index contributed by atoms with van der Waals surface area (Å²) in [4.78, 5) is 19.8. The number of carbonyl (C=O) groups excluding carboxylic acids is 2. The maximum Gasteiger partial charge on any atom is 0.338 e. The maximum atomic E-state index is 9.92. The van der Waals surface area contributed by atoms with Gasteiger partial charge in [-0.2, -0.15) is 0 Å². The SMILES string of the molecule is N.O=C1C=CC(=O)O1.OCCO. The average molecular weight is 177 g/mol. The molecule has 0 bridgehead atoms. The Labute approximate surface area is 69.0 Å². The highest BCUT2D eigenvalue weighted by Gasteiger charge is 2.10. The van der Waals surface area contributed by atoms with Crippen molar-refractivity contribution < 1.29 is 24.5 Å². The topological polar surface area (TPSA) is 119 Å². The normalized spacial score (nSPS) is 12.8. The number of hydrogen-bond donors (Lipinski definition) is 3. The summed E-state index contributed by atoms with van der Waals surface area (Å²) in [6.07, 6.45) is 2.17. The van der Waals surface area contributed by atoms with Gasteiger partial charge >= 0.3 is 11.9 Å². The first-order valence-corrected chi connectivity index (χ1v) is 2.86. The molecule has 0 saturated carbocycles. The van der Waals surface area contributed by atoms with Crippen LogP contribution in [-0.4, -0.2) is 35.4 Å². The highest BCUT2D eigenvalue weighted by Crippen LogP contribution is 1.92. The first-order chi connectivity index (χ1) is 5.20. The first kappa shape index (κ1) is 13.4. The Morgan fingerprint density at radius 3 is 1.50 bits per heavy atom. The number of aliphatic hydroxyl groups is 2. The van der Waals surface area contributed by atoms with Gasteiger partial charge in [0, 0.05) is 12.2 Å². The van der Waals surface area contributed by atoms with Gasteiger partial charge in [0.1, 0.15) is 0 Å². The van der Waals surface area contributed by atoms with Crippen molar-refractivity contribution in [1.29, 1.82) is 0 Å². The van der Waals surface area contributed by atoms with Crippen LogP contribution in [0.15, 0.2) is 12.2 Å². The second-order valence-corrected chi connectivity index (χ2v) is 1.52. The van der Waals surface area contributed by atoms with Gasteiger partial charge in [0.25, 0.3) is 0 Å². The van der Waals surface area contributed by atoms with E-state index in [1.165, 1.54) is 0 Å². The van der Waals surface area contributed by atoms with Gasteiger partial charge in [-0.05, 0) is 0 Å². The number of rotatable bonds is 1. The number of carbonyl (C=O) groups is 2. The highest BCUT2D eigenvalue weighted by atomic mass is 16.6. The molecule has 6 nitrogen and oxygen atoms in total. The molecule has 1 aliphatic heterocycles. The summed E-state index contributed by atoms with van der Waals surface area (Å²) >= 11 is 0. The molecule has 12 heavy (non-hydrogen) atoms. The van der Waals surface area contributed by atoms with Crippen LogP contribution in [0.4, 0.5) is 0 Å². The zero-order chi connectivity index (χ0) is 8.69. The van der Waals surface area contributed by atoms with Crippen LogP contribution in [0.3, 0.4) is 0 Å². The molecule has 0 unspecified atom stereocenters. The van der Waals surface area contributed by atoms with Crippen LogP contribution < -0.4 is 6.15 Å². The van der Waals surface area contributed by atoms with Crippen molar-refractivity contribution >= 4 is 11.9 Å². The van der Waals surface area contributed by atoms with Crippen LogP contribution in [0.1, 0.15) is 0 Å². The summed E-state index contributed by atoms with van der Waals surface area (Å²) in [6.45, 7) is -0.250. The molecule has 0 aromatic rings. The van der Waals surface area contributed by atoms with Crippen LogP contribution in [0.2, 0.25) is 0 Å². The lowest BCUT2D eigenvalue weighted by Gasteiger charge is -1.80. The molecule has 1 rings (SSSR count). The Balaban J connectivity index is 0. The highest BCUT2D eigenvalue weighted by molar-refractivity contribution is 6.04. The predicted octanol–water partition coefficient (Wildman–Crippen LogP) is -1.24. The molecule has 0 aliphatic carbocycles. The van der Waals surface area contributed by atoms with E-state index >= 15 is 0 Å². The van der Waals surface area contributed by atoms with Gasteiger partial charge in [-0.25, -0.2) is 9.59 Å². The van der Waals surface area contributed by atoms with E-state index in [1.54, 1.807) is 0 Å². The standard InChI is InChI=1S/C4H2O3.C2H6O2.H3N/c5-3-1-2-4(6)7-3;3-1-2-4;/h1-2H;3-4H,1-2H2;1H3. The monoisotopic (exact) mass is 177 g/mol. The molecule has 1 heterocycles. The van der Waals surface area contributed by atoms with Crippen LogP contribution in [0, 0.1) is 0 Å². The Hall–Kier alpha value is -1.24. The molecular formula is C6H11NO5.